The number of anilines is 1. The van der Waals surface area contributed by atoms with Gasteiger partial charge in [-0.1, -0.05) is 0 Å². The van der Waals surface area contributed by atoms with E-state index in [9.17, 15) is 8.42 Å². The zero-order valence-corrected chi connectivity index (χ0v) is 11.2. The molecule has 0 saturated carbocycles. The largest absolute Gasteiger partial charge is 0.368 e. The van der Waals surface area contributed by atoms with Crippen molar-refractivity contribution in [2.75, 3.05) is 18.0 Å². The molecule has 1 aliphatic heterocycles. The molecule has 0 spiro atoms. The van der Waals surface area contributed by atoms with Crippen LogP contribution in [0, 0.1) is 5.92 Å². The maximum Gasteiger partial charge on any atom is 0.238 e. The number of hydrogen-bond acceptors (Lipinski definition) is 4. The van der Waals surface area contributed by atoms with Crippen molar-refractivity contribution >= 4 is 15.7 Å². The van der Waals surface area contributed by atoms with Gasteiger partial charge in [-0.3, -0.25) is 0 Å². The summed E-state index contributed by atoms with van der Waals surface area (Å²) in [5, 5.41) is 5.07. The first-order valence-corrected chi connectivity index (χ1v) is 7.56. The summed E-state index contributed by atoms with van der Waals surface area (Å²) in [6.07, 6.45) is 1.08. The fraction of sp³-hybridized carbons (Fsp3) is 0.500. The van der Waals surface area contributed by atoms with Gasteiger partial charge < -0.3 is 10.6 Å². The number of rotatable bonds is 3. The topological polar surface area (TPSA) is 89.4 Å². The quantitative estimate of drug-likeness (QED) is 0.836. The molecule has 1 aromatic carbocycles. The highest BCUT2D eigenvalue weighted by Crippen LogP contribution is 2.28. The van der Waals surface area contributed by atoms with Gasteiger partial charge in [0.2, 0.25) is 10.0 Å². The highest BCUT2D eigenvalue weighted by atomic mass is 32.2. The van der Waals surface area contributed by atoms with Gasteiger partial charge in [-0.05, 0) is 50.1 Å². The molecule has 2 unspecified atom stereocenters. The minimum atomic E-state index is -3.61. The van der Waals surface area contributed by atoms with Crippen LogP contribution in [0.5, 0.6) is 0 Å². The minimum absolute atomic E-state index is 0.147. The van der Waals surface area contributed by atoms with Crippen LogP contribution in [0.4, 0.5) is 5.69 Å². The molecule has 2 atom stereocenters. The fourth-order valence-corrected chi connectivity index (χ4v) is 3.02. The molecule has 1 aromatic rings. The van der Waals surface area contributed by atoms with Gasteiger partial charge >= 0.3 is 0 Å². The van der Waals surface area contributed by atoms with Crippen LogP contribution in [-0.4, -0.2) is 27.5 Å². The molecule has 0 radical (unpaired) electrons. The molecule has 0 amide bonds. The summed E-state index contributed by atoms with van der Waals surface area (Å²) in [6, 6.07) is 7.13. The Bertz CT molecular complexity index is 513. The smallest absolute Gasteiger partial charge is 0.238 e. The molecule has 0 aliphatic carbocycles. The summed E-state index contributed by atoms with van der Waals surface area (Å²) in [5.41, 5.74) is 6.71. The number of nitrogens with two attached hydrogens (primary N) is 2. The fourth-order valence-electron chi connectivity index (χ4n) is 2.50. The molecule has 6 heteroatoms. The molecule has 5 nitrogen and oxygen atoms in total. The van der Waals surface area contributed by atoms with Crippen LogP contribution in [0.1, 0.15) is 13.3 Å². The Hall–Kier alpha value is -1.11. The van der Waals surface area contributed by atoms with E-state index < -0.39 is 10.0 Å². The molecular weight excluding hydrogens is 250 g/mol. The molecule has 4 N–H and O–H groups in total. The van der Waals surface area contributed by atoms with Crippen molar-refractivity contribution in [3.63, 3.8) is 0 Å². The van der Waals surface area contributed by atoms with Crippen molar-refractivity contribution in [3.8, 4) is 0 Å². The maximum absolute atomic E-state index is 11.2. The lowest BCUT2D eigenvalue weighted by molar-refractivity contribution is 0.579. The Morgan fingerprint density at radius 1 is 1.33 bits per heavy atom. The number of benzene rings is 1. The average Bonchev–Trinajstić information content (AvgIpc) is 2.70. The SMILES string of the molecule is CC1CC(CN)CN1c1ccc(S(N)(=O)=O)cc1. The molecule has 0 bridgehead atoms. The monoisotopic (exact) mass is 269 g/mol. The molecule has 0 aromatic heterocycles. The minimum Gasteiger partial charge on any atom is -0.368 e. The Morgan fingerprint density at radius 2 is 1.94 bits per heavy atom. The van der Waals surface area contributed by atoms with Crippen molar-refractivity contribution in [3.05, 3.63) is 24.3 Å². The summed E-state index contributed by atoms with van der Waals surface area (Å²) in [6.45, 7) is 3.77. The van der Waals surface area contributed by atoms with E-state index in [1.54, 1.807) is 24.3 Å². The zero-order valence-electron chi connectivity index (χ0n) is 10.4. The van der Waals surface area contributed by atoms with E-state index in [1.165, 1.54) is 0 Å². The zero-order chi connectivity index (χ0) is 13.3. The van der Waals surface area contributed by atoms with Gasteiger partial charge in [-0.2, -0.15) is 0 Å². The van der Waals surface area contributed by atoms with Crippen LogP contribution in [0.25, 0.3) is 0 Å². The lowest BCUT2D eigenvalue weighted by Gasteiger charge is -2.24. The van der Waals surface area contributed by atoms with Gasteiger partial charge in [0.15, 0.2) is 0 Å². The highest BCUT2D eigenvalue weighted by Gasteiger charge is 2.28. The molecule has 1 heterocycles. The third-order valence-electron chi connectivity index (χ3n) is 3.49. The van der Waals surface area contributed by atoms with Crippen LogP contribution in [0.15, 0.2) is 29.2 Å². The second kappa shape index (κ2) is 4.87. The normalized spacial score (nSPS) is 24.5. The molecule has 2 rings (SSSR count). The first-order chi connectivity index (χ1) is 8.41. The number of nitrogens with zero attached hydrogens (tertiary/aromatic N) is 1. The standard InChI is InChI=1S/C12H19N3O2S/c1-9-6-10(7-13)8-15(9)11-2-4-12(5-3-11)18(14,16)17/h2-5,9-10H,6-8,13H2,1H3,(H2,14,16,17). The Morgan fingerprint density at radius 3 is 2.39 bits per heavy atom. The maximum atomic E-state index is 11.2. The summed E-state index contributed by atoms with van der Waals surface area (Å²) in [4.78, 5) is 2.40. The Balaban J connectivity index is 2.20. The molecule has 100 valence electrons. The van der Waals surface area contributed by atoms with Crippen LogP contribution in [-0.2, 0) is 10.0 Å². The van der Waals surface area contributed by atoms with Crippen molar-refractivity contribution in [2.24, 2.45) is 16.8 Å². The van der Waals surface area contributed by atoms with E-state index >= 15 is 0 Å². The summed E-state index contributed by atoms with van der Waals surface area (Å²) in [5.74, 6) is 0.512. The summed E-state index contributed by atoms with van der Waals surface area (Å²) in [7, 11) is -3.61. The van der Waals surface area contributed by atoms with Crippen LogP contribution < -0.4 is 15.8 Å². The van der Waals surface area contributed by atoms with Gasteiger partial charge in [0, 0.05) is 18.3 Å². The van der Waals surface area contributed by atoms with E-state index in [-0.39, 0.29) is 4.90 Å². The molecule has 1 saturated heterocycles. The average molecular weight is 269 g/mol. The molecular formula is C12H19N3O2S. The van der Waals surface area contributed by atoms with Crippen molar-refractivity contribution < 1.29 is 8.42 Å². The third-order valence-corrected chi connectivity index (χ3v) is 4.42. The van der Waals surface area contributed by atoms with Gasteiger partial charge in [0.25, 0.3) is 0 Å². The van der Waals surface area contributed by atoms with E-state index in [1.807, 2.05) is 0 Å². The Labute approximate surface area is 108 Å². The van der Waals surface area contributed by atoms with Crippen molar-refractivity contribution in [1.82, 2.24) is 0 Å². The van der Waals surface area contributed by atoms with Gasteiger partial charge in [-0.25, -0.2) is 13.6 Å². The lowest BCUT2D eigenvalue weighted by Crippen LogP contribution is -2.27. The molecule has 1 fully saturated rings. The number of primary sulfonamides is 1. The second-order valence-electron chi connectivity index (χ2n) is 4.88. The third kappa shape index (κ3) is 2.66. The van der Waals surface area contributed by atoms with Gasteiger partial charge in [0.1, 0.15) is 0 Å². The lowest BCUT2D eigenvalue weighted by atomic mass is 10.1. The molecule has 18 heavy (non-hydrogen) atoms. The van der Waals surface area contributed by atoms with Crippen molar-refractivity contribution in [1.29, 1.82) is 0 Å². The predicted molar refractivity (Wildman–Crippen MR) is 71.8 cm³/mol. The Kier molecular flexibility index (Phi) is 3.61. The van der Waals surface area contributed by atoms with E-state index in [4.69, 9.17) is 10.9 Å². The van der Waals surface area contributed by atoms with Gasteiger partial charge in [0.05, 0.1) is 4.90 Å². The van der Waals surface area contributed by atoms with E-state index in [2.05, 4.69) is 11.8 Å². The highest BCUT2D eigenvalue weighted by molar-refractivity contribution is 7.89. The first kappa shape index (κ1) is 13.3. The first-order valence-electron chi connectivity index (χ1n) is 6.01. The van der Waals surface area contributed by atoms with E-state index in [0.29, 0.717) is 18.5 Å². The van der Waals surface area contributed by atoms with Crippen LogP contribution in [0.3, 0.4) is 0 Å². The van der Waals surface area contributed by atoms with Gasteiger partial charge in [-0.15, -0.1) is 0 Å². The second-order valence-corrected chi connectivity index (χ2v) is 6.44. The number of hydrogen-bond donors (Lipinski definition) is 2. The molecule has 1 aliphatic rings. The predicted octanol–water partition coefficient (Wildman–Crippen LogP) is 0.507. The van der Waals surface area contributed by atoms with Crippen LogP contribution in [0.2, 0.25) is 0 Å². The van der Waals surface area contributed by atoms with E-state index in [0.717, 1.165) is 18.7 Å². The van der Waals surface area contributed by atoms with Crippen LogP contribution >= 0.6 is 0 Å². The summed E-state index contributed by atoms with van der Waals surface area (Å²) >= 11 is 0. The number of sulfonamides is 1. The van der Waals surface area contributed by atoms with Crippen molar-refractivity contribution in [2.45, 2.75) is 24.3 Å². The summed E-state index contributed by atoms with van der Waals surface area (Å²) < 4.78 is 22.4.